The number of hydrogen-bond donors (Lipinski definition) is 3. The first-order valence-electron chi connectivity index (χ1n) is 20.4. The lowest BCUT2D eigenvalue weighted by atomic mass is 9.99. The molecule has 2 atom stereocenters. The minimum absolute atomic E-state index is 0.114. The van der Waals surface area contributed by atoms with E-state index in [9.17, 15) is 9.59 Å². The number of nitrogens with zero attached hydrogens (tertiary/aromatic N) is 5. The van der Waals surface area contributed by atoms with Crippen molar-refractivity contribution < 1.29 is 18.4 Å². The third kappa shape index (κ3) is 9.13. The van der Waals surface area contributed by atoms with Crippen molar-refractivity contribution in [2.75, 3.05) is 49.1 Å². The van der Waals surface area contributed by atoms with E-state index in [-0.39, 0.29) is 36.0 Å². The Bertz CT molecular complexity index is 1940. The van der Waals surface area contributed by atoms with Gasteiger partial charge in [0.05, 0.1) is 0 Å². The fourth-order valence-electron chi connectivity index (χ4n) is 8.47. The van der Waals surface area contributed by atoms with Crippen LogP contribution in [0.1, 0.15) is 69.8 Å². The highest BCUT2D eigenvalue weighted by atomic mass is 16.4. The van der Waals surface area contributed by atoms with Gasteiger partial charge in [0.15, 0.2) is 11.2 Å². The second-order valence-corrected chi connectivity index (χ2v) is 15.4. The molecule has 4 saturated heterocycles. The van der Waals surface area contributed by atoms with Crippen molar-refractivity contribution in [3.8, 4) is 0 Å². The summed E-state index contributed by atoms with van der Waals surface area (Å²) in [5.74, 6) is 0.229. The molecule has 55 heavy (non-hydrogen) atoms. The van der Waals surface area contributed by atoms with E-state index in [1.54, 1.807) is 0 Å². The normalized spacial score (nSPS) is 21.6. The first-order valence-corrected chi connectivity index (χ1v) is 20.4. The fraction of sp³-hybridized carbons (Fsp3) is 0.488. The van der Waals surface area contributed by atoms with Crippen molar-refractivity contribution in [3.63, 3.8) is 0 Å². The maximum Gasteiger partial charge on any atom is 0.299 e. The van der Waals surface area contributed by atoms with E-state index in [0.717, 1.165) is 132 Å². The summed E-state index contributed by atoms with van der Waals surface area (Å²) >= 11 is 0. The van der Waals surface area contributed by atoms with Gasteiger partial charge in [-0.1, -0.05) is 54.6 Å². The zero-order chi connectivity index (χ0) is 37.4. The Morgan fingerprint density at radius 1 is 0.600 bits per heavy atom. The Labute approximate surface area is 323 Å². The first kappa shape index (κ1) is 37.0. The molecule has 4 aliphatic heterocycles. The number of carbonyl (C=O) groups is 2. The summed E-state index contributed by atoms with van der Waals surface area (Å²) in [6.07, 6.45) is 9.94. The number of para-hydroxylation sites is 4. The number of anilines is 2. The molecule has 4 fully saturated rings. The zero-order valence-corrected chi connectivity index (χ0v) is 31.7. The van der Waals surface area contributed by atoms with Crippen LogP contribution in [-0.2, 0) is 16.1 Å². The van der Waals surface area contributed by atoms with Crippen LogP contribution in [0.25, 0.3) is 22.2 Å². The maximum atomic E-state index is 13.2. The Morgan fingerprint density at radius 2 is 1.09 bits per heavy atom. The lowest BCUT2D eigenvalue weighted by Crippen LogP contribution is -2.53. The highest BCUT2D eigenvalue weighted by Crippen LogP contribution is 2.30. The number of carbonyl (C=O) groups excluding carboxylic acids is 2. The molecule has 0 saturated carbocycles. The lowest BCUT2D eigenvalue weighted by molar-refractivity contribution is -0.124. The average molecular weight is 747 g/mol. The minimum Gasteiger partial charge on any atom is -0.423 e. The quantitative estimate of drug-likeness (QED) is 0.173. The van der Waals surface area contributed by atoms with Crippen LogP contribution in [0.3, 0.4) is 0 Å². The minimum atomic E-state index is -0.204. The maximum absolute atomic E-state index is 13.2. The highest BCUT2D eigenvalue weighted by molar-refractivity contribution is 5.86. The van der Waals surface area contributed by atoms with Gasteiger partial charge in [0.2, 0.25) is 11.8 Å². The van der Waals surface area contributed by atoms with Gasteiger partial charge in [-0.3, -0.25) is 14.5 Å². The van der Waals surface area contributed by atoms with Gasteiger partial charge in [-0.25, -0.2) is 0 Å². The topological polar surface area (TPSA) is 132 Å². The van der Waals surface area contributed by atoms with Crippen molar-refractivity contribution in [1.82, 2.24) is 30.8 Å². The molecule has 9 rings (SSSR count). The SMILES string of the molecule is O=C(NC1CCN(Cc2ccccc2)CC1)[C@@H]1CCCCN1c1nc2ccccc2o1.O=C(NC1CCNCC1)[C@@H]1CCCCN1c1nc2ccccc2o1. The van der Waals surface area contributed by atoms with Gasteiger partial charge in [-0.15, -0.1) is 0 Å². The van der Waals surface area contributed by atoms with Gasteiger partial charge in [-0.2, -0.15) is 9.97 Å². The molecule has 0 spiro atoms. The number of likely N-dealkylation sites (tertiary alicyclic amines) is 1. The van der Waals surface area contributed by atoms with E-state index in [1.807, 2.05) is 53.4 Å². The third-order valence-corrected chi connectivity index (χ3v) is 11.5. The number of amides is 2. The summed E-state index contributed by atoms with van der Waals surface area (Å²) in [5.41, 5.74) is 4.58. The van der Waals surface area contributed by atoms with Crippen LogP contribution in [0.2, 0.25) is 0 Å². The summed E-state index contributed by atoms with van der Waals surface area (Å²) in [6.45, 7) is 6.58. The van der Waals surface area contributed by atoms with Gasteiger partial charge in [0.1, 0.15) is 23.1 Å². The number of oxazole rings is 2. The second-order valence-electron chi connectivity index (χ2n) is 15.4. The molecule has 0 unspecified atom stereocenters. The number of nitrogens with one attached hydrogen (secondary N) is 3. The van der Waals surface area contributed by atoms with Crippen molar-refractivity contribution in [3.05, 3.63) is 84.4 Å². The number of rotatable bonds is 8. The summed E-state index contributed by atoms with van der Waals surface area (Å²) in [5, 5.41) is 9.89. The molecule has 12 heteroatoms. The van der Waals surface area contributed by atoms with Crippen LogP contribution in [0.4, 0.5) is 12.0 Å². The van der Waals surface area contributed by atoms with E-state index in [2.05, 4.69) is 66.0 Å². The van der Waals surface area contributed by atoms with E-state index in [0.29, 0.717) is 12.0 Å². The lowest BCUT2D eigenvalue weighted by Gasteiger charge is -2.36. The molecule has 12 nitrogen and oxygen atoms in total. The number of fused-ring (bicyclic) bond motifs is 2. The summed E-state index contributed by atoms with van der Waals surface area (Å²) in [6, 6.07) is 27.4. The van der Waals surface area contributed by atoms with Gasteiger partial charge >= 0.3 is 0 Å². The van der Waals surface area contributed by atoms with Crippen LogP contribution in [0.5, 0.6) is 0 Å². The first-order chi connectivity index (χ1) is 27.1. The molecule has 5 aromatic rings. The standard InChI is InChI=1S/C25H30N4O2.C18H24N4O2/c30-24(26-20-13-16-28(17-14-20)18-19-8-2-1-3-9-19)22-11-6-7-15-29(22)25-27-21-10-4-5-12-23(21)31-25;23-17(20-13-8-10-19-11-9-13)15-6-3-4-12-22(15)18-21-14-5-1-2-7-16(14)24-18/h1-5,8-10,12,20,22H,6-7,11,13-18H2,(H,26,30);1-2,5,7,13,15,19H,3-4,6,8-12H2,(H,20,23)/t22-;15-/m00/s1. The molecule has 2 aromatic heterocycles. The number of piperidine rings is 4. The Morgan fingerprint density at radius 3 is 1.62 bits per heavy atom. The molecular formula is C43H54N8O4. The molecule has 0 radical (unpaired) electrons. The molecule has 3 aromatic carbocycles. The summed E-state index contributed by atoms with van der Waals surface area (Å²) < 4.78 is 11.9. The zero-order valence-electron chi connectivity index (χ0n) is 31.7. The Balaban J connectivity index is 0.000000160. The molecule has 4 aliphatic rings. The molecule has 0 bridgehead atoms. The predicted molar refractivity (Wildman–Crippen MR) is 215 cm³/mol. The molecule has 0 aliphatic carbocycles. The van der Waals surface area contributed by atoms with Gasteiger partial charge in [-0.05, 0) is 107 Å². The van der Waals surface area contributed by atoms with Crippen molar-refractivity contribution in [2.24, 2.45) is 0 Å². The van der Waals surface area contributed by atoms with E-state index in [1.165, 1.54) is 5.56 Å². The molecule has 3 N–H and O–H groups in total. The van der Waals surface area contributed by atoms with Crippen LogP contribution in [0, 0.1) is 0 Å². The van der Waals surface area contributed by atoms with Gasteiger partial charge < -0.3 is 34.6 Å². The van der Waals surface area contributed by atoms with Crippen LogP contribution >= 0.6 is 0 Å². The van der Waals surface area contributed by atoms with Crippen molar-refractivity contribution in [1.29, 1.82) is 0 Å². The smallest absolute Gasteiger partial charge is 0.299 e. The molecule has 2 amide bonds. The number of aromatic nitrogens is 2. The highest BCUT2D eigenvalue weighted by Gasteiger charge is 2.35. The van der Waals surface area contributed by atoms with E-state index in [4.69, 9.17) is 8.83 Å². The van der Waals surface area contributed by atoms with Crippen molar-refractivity contribution >= 4 is 46.0 Å². The van der Waals surface area contributed by atoms with E-state index < -0.39 is 0 Å². The number of hydrogen-bond acceptors (Lipinski definition) is 10. The average Bonchev–Trinajstić information content (AvgIpc) is 3.88. The fourth-order valence-corrected chi connectivity index (χ4v) is 8.47. The Hall–Kier alpha value is -4.94. The van der Waals surface area contributed by atoms with Crippen LogP contribution in [0.15, 0.2) is 87.7 Å². The number of benzene rings is 3. The van der Waals surface area contributed by atoms with Gasteiger partial charge in [0, 0.05) is 44.8 Å². The third-order valence-electron chi connectivity index (χ3n) is 11.5. The molecule has 6 heterocycles. The van der Waals surface area contributed by atoms with Gasteiger partial charge in [0.25, 0.3) is 12.0 Å². The summed E-state index contributed by atoms with van der Waals surface area (Å²) in [4.78, 5) is 41.8. The Kier molecular flexibility index (Phi) is 11.9. The summed E-state index contributed by atoms with van der Waals surface area (Å²) in [7, 11) is 0. The molecule has 290 valence electrons. The largest absolute Gasteiger partial charge is 0.423 e. The predicted octanol–water partition coefficient (Wildman–Crippen LogP) is 6.02. The second kappa shape index (κ2) is 17.7. The molecular weight excluding hydrogens is 693 g/mol. The van der Waals surface area contributed by atoms with Crippen LogP contribution < -0.4 is 25.8 Å². The van der Waals surface area contributed by atoms with Crippen molar-refractivity contribution in [2.45, 2.75) is 94.9 Å². The van der Waals surface area contributed by atoms with E-state index >= 15 is 0 Å². The monoisotopic (exact) mass is 746 g/mol. The van der Waals surface area contributed by atoms with Crippen LogP contribution in [-0.4, -0.2) is 90.1 Å².